The summed E-state index contributed by atoms with van der Waals surface area (Å²) in [5.41, 5.74) is 0.426. The van der Waals surface area contributed by atoms with Gasteiger partial charge >= 0.3 is 11.3 Å². The van der Waals surface area contributed by atoms with Crippen molar-refractivity contribution in [3.05, 3.63) is 23.5 Å². The van der Waals surface area contributed by atoms with Gasteiger partial charge in [-0.05, 0) is 23.6 Å². The molecule has 2 aliphatic heterocycles. The Hall–Kier alpha value is -1.71. The number of thioether (sulfide) groups is 1. The monoisotopic (exact) mass is 478 g/mol. The number of methoxy groups -OCH3 is 1. The summed E-state index contributed by atoms with van der Waals surface area (Å²) in [6, 6.07) is 0. The lowest BCUT2D eigenvalue weighted by Gasteiger charge is -2.43. The fourth-order valence-corrected chi connectivity index (χ4v) is 4.16. The summed E-state index contributed by atoms with van der Waals surface area (Å²) in [6.45, 7) is -0.868. The highest BCUT2D eigenvalue weighted by Gasteiger charge is 2.52. The maximum absolute atomic E-state index is 12.2. The zero-order valence-electron chi connectivity index (χ0n) is 17.3. The average molecular weight is 478 g/mol. The van der Waals surface area contributed by atoms with Crippen LogP contribution in [0.4, 0.5) is 4.79 Å². The van der Waals surface area contributed by atoms with Crippen LogP contribution in [0.3, 0.4) is 0 Å². The number of ether oxygens (including phenoxy) is 5. The van der Waals surface area contributed by atoms with E-state index < -0.39 is 72.8 Å². The van der Waals surface area contributed by atoms with Crippen molar-refractivity contribution in [2.24, 2.45) is 11.8 Å². The molecule has 13 heteroatoms. The van der Waals surface area contributed by atoms with E-state index in [9.17, 15) is 35.1 Å². The zero-order valence-corrected chi connectivity index (χ0v) is 18.1. The third-order valence-corrected chi connectivity index (χ3v) is 6.06. The van der Waals surface area contributed by atoms with E-state index in [0.717, 1.165) is 18.0 Å². The highest BCUT2D eigenvalue weighted by molar-refractivity contribution is 8.12. The Balaban J connectivity index is 1.86. The minimum Gasteiger partial charge on any atom is -0.471 e. The molecular formula is C19H26O12S. The van der Waals surface area contributed by atoms with Gasteiger partial charge in [0.05, 0.1) is 37.6 Å². The van der Waals surface area contributed by atoms with Crippen LogP contribution >= 0.6 is 11.8 Å². The van der Waals surface area contributed by atoms with Crippen LogP contribution in [-0.4, -0.2) is 106 Å². The van der Waals surface area contributed by atoms with Gasteiger partial charge in [-0.3, -0.25) is 0 Å². The highest BCUT2D eigenvalue weighted by Crippen LogP contribution is 2.45. The number of rotatable bonds is 6. The number of aliphatic hydroxyl groups is 5. The Morgan fingerprint density at radius 2 is 1.81 bits per heavy atom. The maximum Gasteiger partial charge on any atom is 0.367 e. The van der Waals surface area contributed by atoms with Crippen molar-refractivity contribution in [1.29, 1.82) is 0 Å². The summed E-state index contributed by atoms with van der Waals surface area (Å²) in [4.78, 5) is 23.8. The minimum absolute atomic E-state index is 0.0288. The molecule has 5 N–H and O–H groups in total. The zero-order chi connectivity index (χ0) is 23.6. The lowest BCUT2D eigenvalue weighted by molar-refractivity contribution is -0.340. The molecule has 0 spiro atoms. The van der Waals surface area contributed by atoms with E-state index in [1.54, 1.807) is 0 Å². The lowest BCUT2D eigenvalue weighted by Crippen LogP contribution is -2.60. The number of hydrogen-bond acceptors (Lipinski definition) is 13. The van der Waals surface area contributed by atoms with Gasteiger partial charge in [0.25, 0.3) is 0 Å². The lowest BCUT2D eigenvalue weighted by atomic mass is 9.82. The van der Waals surface area contributed by atoms with Crippen LogP contribution in [0.1, 0.15) is 0 Å². The highest BCUT2D eigenvalue weighted by atomic mass is 32.2. The van der Waals surface area contributed by atoms with Gasteiger partial charge in [0.2, 0.25) is 6.29 Å². The first-order valence-corrected chi connectivity index (χ1v) is 10.9. The van der Waals surface area contributed by atoms with Gasteiger partial charge in [0.1, 0.15) is 31.0 Å². The second-order valence-corrected chi connectivity index (χ2v) is 8.17. The molecule has 2 heterocycles. The summed E-state index contributed by atoms with van der Waals surface area (Å²) >= 11 is 0.853. The number of esters is 1. The molecule has 0 aromatic carbocycles. The van der Waals surface area contributed by atoms with E-state index in [2.05, 4.69) is 0 Å². The van der Waals surface area contributed by atoms with Crippen molar-refractivity contribution in [2.45, 2.75) is 43.1 Å². The van der Waals surface area contributed by atoms with Crippen LogP contribution in [0.2, 0.25) is 0 Å². The Morgan fingerprint density at radius 1 is 1.09 bits per heavy atom. The Kier molecular flexibility index (Phi) is 8.16. The molecular weight excluding hydrogens is 452 g/mol. The van der Waals surface area contributed by atoms with Crippen molar-refractivity contribution in [3.8, 4) is 0 Å². The molecule has 1 fully saturated rings. The molecule has 32 heavy (non-hydrogen) atoms. The smallest absolute Gasteiger partial charge is 0.367 e. The van der Waals surface area contributed by atoms with E-state index in [-0.39, 0.29) is 12.2 Å². The standard InChI is InChI=1S/C19H26O12S/c1-27-16(25)8-6-28-17(31-18-15(24)14(23)13(22)10(4-20)30-18)11-7(3-9(21)12(8)11)5-29-19(26)32-2/h3,6,9-15,17-18,20-24H,4-5H2,1-2H3/t9-,10-,11+,12+,13+,14+,15+,17-,18-/m0/s1. The van der Waals surface area contributed by atoms with E-state index in [4.69, 9.17) is 23.7 Å². The Morgan fingerprint density at radius 3 is 2.44 bits per heavy atom. The normalized spacial score (nSPS) is 38.8. The van der Waals surface area contributed by atoms with Crippen LogP contribution in [0.5, 0.6) is 0 Å². The summed E-state index contributed by atoms with van der Waals surface area (Å²) in [7, 11) is 1.17. The second-order valence-electron chi connectivity index (χ2n) is 7.43. The van der Waals surface area contributed by atoms with Gasteiger partial charge in [-0.15, -0.1) is 0 Å². The molecule has 0 saturated carbocycles. The van der Waals surface area contributed by atoms with Crippen LogP contribution in [0.15, 0.2) is 23.5 Å². The van der Waals surface area contributed by atoms with Gasteiger partial charge in [-0.1, -0.05) is 6.08 Å². The summed E-state index contributed by atoms with van der Waals surface area (Å²) in [5, 5.41) is 49.6. The number of hydrogen-bond donors (Lipinski definition) is 5. The maximum atomic E-state index is 12.2. The molecule has 0 bridgehead atoms. The van der Waals surface area contributed by atoms with Crippen LogP contribution in [0.25, 0.3) is 0 Å². The fraction of sp³-hybridized carbons (Fsp3) is 0.684. The summed E-state index contributed by atoms with van der Waals surface area (Å²) in [6.07, 6.45) is -6.03. The van der Waals surface area contributed by atoms with Gasteiger partial charge in [-0.2, -0.15) is 0 Å². The molecule has 12 nitrogen and oxygen atoms in total. The van der Waals surface area contributed by atoms with Gasteiger partial charge < -0.3 is 49.2 Å². The van der Waals surface area contributed by atoms with Crippen molar-refractivity contribution in [1.82, 2.24) is 0 Å². The third kappa shape index (κ3) is 4.79. The first-order chi connectivity index (χ1) is 15.2. The third-order valence-electron chi connectivity index (χ3n) is 5.61. The molecule has 0 aromatic heterocycles. The molecule has 0 radical (unpaired) electrons. The van der Waals surface area contributed by atoms with Crippen LogP contribution < -0.4 is 0 Å². The molecule has 1 saturated heterocycles. The average Bonchev–Trinajstić information content (AvgIpc) is 3.14. The molecule has 1 aliphatic carbocycles. The topological polar surface area (TPSA) is 181 Å². The number of aliphatic hydroxyl groups excluding tert-OH is 5. The predicted octanol–water partition coefficient (Wildman–Crippen LogP) is -1.75. The van der Waals surface area contributed by atoms with E-state index in [0.29, 0.717) is 5.57 Å². The molecule has 3 aliphatic rings. The molecule has 0 unspecified atom stereocenters. The summed E-state index contributed by atoms with van der Waals surface area (Å²) < 4.78 is 26.5. The molecule has 0 aromatic rings. The van der Waals surface area contributed by atoms with Crippen LogP contribution in [0, 0.1) is 11.8 Å². The molecule has 180 valence electrons. The first kappa shape index (κ1) is 24.9. The number of carbonyl (C=O) groups is 2. The summed E-state index contributed by atoms with van der Waals surface area (Å²) in [5.74, 6) is -2.44. The van der Waals surface area contributed by atoms with Gasteiger partial charge in [-0.25, -0.2) is 9.59 Å². The van der Waals surface area contributed by atoms with Crippen molar-refractivity contribution in [2.75, 3.05) is 26.6 Å². The fourth-order valence-electron chi connectivity index (χ4n) is 3.98. The number of fused-ring (bicyclic) bond motifs is 1. The Labute approximate surface area is 187 Å². The quantitative estimate of drug-likeness (QED) is 0.214. The van der Waals surface area contributed by atoms with E-state index in [1.165, 1.54) is 19.4 Å². The van der Waals surface area contributed by atoms with Crippen molar-refractivity contribution >= 4 is 23.0 Å². The van der Waals surface area contributed by atoms with Gasteiger partial charge in [0, 0.05) is 5.92 Å². The Bertz CT molecular complexity index is 767. The van der Waals surface area contributed by atoms with Gasteiger partial charge in [0.15, 0.2) is 6.29 Å². The number of carbonyl (C=O) groups excluding carboxylic acids is 2. The largest absolute Gasteiger partial charge is 0.471 e. The van der Waals surface area contributed by atoms with Crippen LogP contribution in [-0.2, 0) is 28.5 Å². The molecule has 9 atom stereocenters. The predicted molar refractivity (Wildman–Crippen MR) is 106 cm³/mol. The van der Waals surface area contributed by atoms with Crippen molar-refractivity contribution in [3.63, 3.8) is 0 Å². The molecule has 0 amide bonds. The van der Waals surface area contributed by atoms with Crippen molar-refractivity contribution < 1.29 is 58.8 Å². The first-order valence-electron chi connectivity index (χ1n) is 9.72. The molecule has 3 rings (SSSR count). The SMILES string of the molecule is COC(=O)C1=CO[C@@H](O[C@@H]2O[C@@H](CO)[C@@H](O)[C@@H](O)[C@H]2O)[C@@H]2C(COC(=O)SC)=C[C@H](O)[C@@H]12. The minimum atomic E-state index is -1.69. The second kappa shape index (κ2) is 10.5. The van der Waals surface area contributed by atoms with E-state index >= 15 is 0 Å². The van der Waals surface area contributed by atoms with E-state index in [1.807, 2.05) is 0 Å².